The van der Waals surface area contributed by atoms with Crippen LogP contribution in [0.4, 0.5) is 13.2 Å². The van der Waals surface area contributed by atoms with E-state index < -0.39 is 11.7 Å². The van der Waals surface area contributed by atoms with Crippen molar-refractivity contribution in [1.29, 1.82) is 0 Å². The molecule has 0 radical (unpaired) electrons. The summed E-state index contributed by atoms with van der Waals surface area (Å²) < 4.78 is 42.8. The summed E-state index contributed by atoms with van der Waals surface area (Å²) >= 11 is 0. The predicted octanol–water partition coefficient (Wildman–Crippen LogP) is 2.86. The molecule has 0 fully saturated rings. The van der Waals surface area contributed by atoms with Crippen molar-refractivity contribution < 1.29 is 27.5 Å². The summed E-state index contributed by atoms with van der Waals surface area (Å²) in [5.41, 5.74) is -0.223. The zero-order chi connectivity index (χ0) is 15.5. The highest BCUT2D eigenvalue weighted by Gasteiger charge is 2.30. The number of carbonyl (C=O) groups excluding carboxylic acids is 2. The largest absolute Gasteiger partial charge is 0.416 e. The van der Waals surface area contributed by atoms with E-state index in [0.29, 0.717) is 5.56 Å². The monoisotopic (exact) mass is 296 g/mol. The van der Waals surface area contributed by atoms with E-state index in [1.165, 1.54) is 12.1 Å². The SMILES string of the molecule is O=C1C=CC(=O)C(COCc2cccc(C(F)(F)F)c2)=C1. The Morgan fingerprint density at radius 3 is 2.52 bits per heavy atom. The lowest BCUT2D eigenvalue weighted by Crippen LogP contribution is -2.13. The average Bonchev–Trinajstić information content (AvgIpc) is 2.42. The normalized spacial score (nSPS) is 15.3. The van der Waals surface area contributed by atoms with Gasteiger partial charge in [0.15, 0.2) is 11.6 Å². The van der Waals surface area contributed by atoms with Crippen LogP contribution in [-0.2, 0) is 27.1 Å². The molecule has 0 atom stereocenters. The first-order valence-electron chi connectivity index (χ1n) is 6.07. The van der Waals surface area contributed by atoms with Gasteiger partial charge in [0.25, 0.3) is 0 Å². The van der Waals surface area contributed by atoms with Crippen LogP contribution in [-0.4, -0.2) is 18.2 Å². The van der Waals surface area contributed by atoms with Crippen molar-refractivity contribution >= 4 is 11.6 Å². The number of allylic oxidation sites excluding steroid dienone is 3. The van der Waals surface area contributed by atoms with Gasteiger partial charge < -0.3 is 4.74 Å². The molecule has 2 rings (SSSR count). The van der Waals surface area contributed by atoms with Gasteiger partial charge in [-0.15, -0.1) is 0 Å². The first-order chi connectivity index (χ1) is 9.86. The van der Waals surface area contributed by atoms with Crippen LogP contribution in [0.5, 0.6) is 0 Å². The lowest BCUT2D eigenvalue weighted by atomic mass is 10.0. The highest BCUT2D eigenvalue weighted by Crippen LogP contribution is 2.29. The molecule has 21 heavy (non-hydrogen) atoms. The number of ketones is 2. The molecule has 0 saturated heterocycles. The van der Waals surface area contributed by atoms with E-state index in [2.05, 4.69) is 0 Å². The first kappa shape index (κ1) is 15.2. The maximum Gasteiger partial charge on any atom is 0.416 e. The van der Waals surface area contributed by atoms with Crippen LogP contribution in [0.3, 0.4) is 0 Å². The van der Waals surface area contributed by atoms with Crippen LogP contribution in [0.1, 0.15) is 11.1 Å². The second-order valence-electron chi connectivity index (χ2n) is 4.46. The van der Waals surface area contributed by atoms with E-state index in [1.54, 1.807) is 0 Å². The molecular weight excluding hydrogens is 285 g/mol. The smallest absolute Gasteiger partial charge is 0.372 e. The first-order valence-corrected chi connectivity index (χ1v) is 6.07. The molecule has 0 amide bonds. The maximum absolute atomic E-state index is 12.5. The van der Waals surface area contributed by atoms with Gasteiger partial charge in [0.1, 0.15) is 0 Å². The van der Waals surface area contributed by atoms with E-state index in [1.807, 2.05) is 0 Å². The molecule has 1 aromatic rings. The van der Waals surface area contributed by atoms with E-state index in [0.717, 1.165) is 30.4 Å². The Bertz CT molecular complexity index is 627. The van der Waals surface area contributed by atoms with E-state index >= 15 is 0 Å². The highest BCUT2D eigenvalue weighted by atomic mass is 19.4. The Balaban J connectivity index is 1.95. The number of rotatable bonds is 4. The minimum Gasteiger partial charge on any atom is -0.372 e. The molecule has 1 aliphatic carbocycles. The van der Waals surface area contributed by atoms with Crippen LogP contribution in [0.25, 0.3) is 0 Å². The van der Waals surface area contributed by atoms with Crippen LogP contribution in [0, 0.1) is 0 Å². The van der Waals surface area contributed by atoms with Crippen LogP contribution >= 0.6 is 0 Å². The highest BCUT2D eigenvalue weighted by molar-refractivity contribution is 6.17. The zero-order valence-electron chi connectivity index (χ0n) is 10.8. The molecule has 0 heterocycles. The lowest BCUT2D eigenvalue weighted by molar-refractivity contribution is -0.137. The summed E-state index contributed by atoms with van der Waals surface area (Å²) in [6.45, 7) is -0.197. The third-order valence-electron chi connectivity index (χ3n) is 2.81. The third-order valence-corrected chi connectivity index (χ3v) is 2.81. The Morgan fingerprint density at radius 2 is 1.81 bits per heavy atom. The number of halogens is 3. The number of ether oxygens (including phenoxy) is 1. The second-order valence-corrected chi connectivity index (χ2v) is 4.46. The van der Waals surface area contributed by atoms with Gasteiger partial charge in [-0.2, -0.15) is 13.2 Å². The Hall–Kier alpha value is -2.21. The number of carbonyl (C=O) groups is 2. The fraction of sp³-hybridized carbons (Fsp3) is 0.200. The van der Waals surface area contributed by atoms with Gasteiger partial charge in [0, 0.05) is 5.57 Å². The van der Waals surface area contributed by atoms with Gasteiger partial charge in [-0.1, -0.05) is 12.1 Å². The molecule has 0 aromatic heterocycles. The summed E-state index contributed by atoms with van der Waals surface area (Å²) in [6, 6.07) is 4.75. The molecule has 0 bridgehead atoms. The second kappa shape index (κ2) is 6.05. The fourth-order valence-corrected chi connectivity index (χ4v) is 1.78. The van der Waals surface area contributed by atoms with Crippen LogP contribution < -0.4 is 0 Å². The van der Waals surface area contributed by atoms with Crippen LogP contribution in [0.15, 0.2) is 48.1 Å². The number of alkyl halides is 3. The van der Waals surface area contributed by atoms with Crippen molar-refractivity contribution in [3.63, 3.8) is 0 Å². The van der Waals surface area contributed by atoms with Crippen molar-refractivity contribution in [2.24, 2.45) is 0 Å². The van der Waals surface area contributed by atoms with Crippen molar-refractivity contribution in [1.82, 2.24) is 0 Å². The number of hydrogen-bond acceptors (Lipinski definition) is 3. The quantitative estimate of drug-likeness (QED) is 0.802. The molecule has 0 saturated carbocycles. The van der Waals surface area contributed by atoms with Crippen molar-refractivity contribution in [3.05, 3.63) is 59.2 Å². The van der Waals surface area contributed by atoms with Crippen molar-refractivity contribution in [2.75, 3.05) is 6.61 Å². The molecule has 6 heteroatoms. The Morgan fingerprint density at radius 1 is 1.05 bits per heavy atom. The van der Waals surface area contributed by atoms with Crippen molar-refractivity contribution in [2.45, 2.75) is 12.8 Å². The lowest BCUT2D eigenvalue weighted by Gasteiger charge is -2.10. The predicted molar refractivity (Wildman–Crippen MR) is 68.3 cm³/mol. The average molecular weight is 296 g/mol. The zero-order valence-corrected chi connectivity index (χ0v) is 10.8. The topological polar surface area (TPSA) is 43.4 Å². The molecular formula is C15H11F3O3. The van der Waals surface area contributed by atoms with E-state index in [9.17, 15) is 22.8 Å². The van der Waals surface area contributed by atoms with Gasteiger partial charge in [-0.05, 0) is 35.9 Å². The summed E-state index contributed by atoms with van der Waals surface area (Å²) in [4.78, 5) is 22.5. The molecule has 0 spiro atoms. The fourth-order valence-electron chi connectivity index (χ4n) is 1.78. The van der Waals surface area contributed by atoms with Crippen molar-refractivity contribution in [3.8, 4) is 0 Å². The van der Waals surface area contributed by atoms with E-state index in [4.69, 9.17) is 4.74 Å². The summed E-state index contributed by atoms with van der Waals surface area (Å²) in [5, 5.41) is 0. The Labute approximate surface area is 118 Å². The van der Waals surface area contributed by atoms with Gasteiger partial charge in [-0.3, -0.25) is 9.59 Å². The third kappa shape index (κ3) is 4.13. The molecule has 0 aliphatic heterocycles. The van der Waals surface area contributed by atoms with E-state index in [-0.39, 0.29) is 30.4 Å². The van der Waals surface area contributed by atoms with Gasteiger partial charge in [0.05, 0.1) is 18.8 Å². The summed E-state index contributed by atoms with van der Waals surface area (Å²) in [5.74, 6) is -0.647. The minimum absolute atomic E-state index is 0.0769. The van der Waals surface area contributed by atoms with Gasteiger partial charge in [-0.25, -0.2) is 0 Å². The molecule has 3 nitrogen and oxygen atoms in total. The molecule has 0 N–H and O–H groups in total. The molecule has 1 aliphatic rings. The summed E-state index contributed by atoms with van der Waals surface area (Å²) in [7, 11) is 0. The summed E-state index contributed by atoms with van der Waals surface area (Å²) in [6.07, 6.45) is -0.951. The Kier molecular flexibility index (Phi) is 4.37. The molecule has 110 valence electrons. The molecule has 1 aromatic carbocycles. The van der Waals surface area contributed by atoms with Crippen LogP contribution in [0.2, 0.25) is 0 Å². The maximum atomic E-state index is 12.5. The minimum atomic E-state index is -4.41. The number of benzene rings is 1. The van der Waals surface area contributed by atoms with Gasteiger partial charge >= 0.3 is 6.18 Å². The standard InChI is InChI=1S/C15H11F3O3/c16-15(17,18)12-3-1-2-10(6-12)8-21-9-11-7-13(19)4-5-14(11)20/h1-7H,8-9H2. The van der Waals surface area contributed by atoms with Gasteiger partial charge in [0.2, 0.25) is 0 Å². The molecule has 0 unspecified atom stereocenters. The number of hydrogen-bond donors (Lipinski definition) is 0.